The SMILES string of the molecule is COc1ccc(/C=C/C(=O)N2CC(C)N(Cc3ccc(F)cc3)CC2C)cc1OC. The van der Waals surface area contributed by atoms with Crippen LogP contribution in [0.2, 0.25) is 0 Å². The normalized spacial score (nSPS) is 19.8. The maximum absolute atomic E-state index is 13.1. The van der Waals surface area contributed by atoms with Gasteiger partial charge in [-0.1, -0.05) is 18.2 Å². The molecule has 1 fully saturated rings. The third kappa shape index (κ3) is 5.19. The smallest absolute Gasteiger partial charge is 0.246 e. The van der Waals surface area contributed by atoms with Gasteiger partial charge in [0.15, 0.2) is 11.5 Å². The molecule has 2 aromatic rings. The van der Waals surface area contributed by atoms with Gasteiger partial charge in [0.2, 0.25) is 5.91 Å². The number of nitrogens with zero attached hydrogens (tertiary/aromatic N) is 2. The Bertz CT molecular complexity index is 898. The van der Waals surface area contributed by atoms with Crippen LogP contribution in [0.3, 0.4) is 0 Å². The van der Waals surface area contributed by atoms with Crippen LogP contribution in [-0.4, -0.2) is 55.1 Å². The van der Waals surface area contributed by atoms with Crippen LogP contribution < -0.4 is 9.47 Å². The van der Waals surface area contributed by atoms with Crippen LogP contribution in [-0.2, 0) is 11.3 Å². The number of piperazine rings is 1. The molecule has 0 radical (unpaired) electrons. The Morgan fingerprint density at radius 1 is 1.03 bits per heavy atom. The van der Waals surface area contributed by atoms with E-state index in [0.717, 1.165) is 24.2 Å². The van der Waals surface area contributed by atoms with E-state index >= 15 is 0 Å². The van der Waals surface area contributed by atoms with Gasteiger partial charge in [0, 0.05) is 37.8 Å². The van der Waals surface area contributed by atoms with Crippen molar-refractivity contribution in [1.82, 2.24) is 9.80 Å². The molecule has 0 aliphatic carbocycles. The number of rotatable bonds is 6. The molecule has 0 saturated carbocycles. The highest BCUT2D eigenvalue weighted by atomic mass is 19.1. The summed E-state index contributed by atoms with van der Waals surface area (Å²) in [6.45, 7) is 6.35. The van der Waals surface area contributed by atoms with E-state index in [2.05, 4.69) is 18.7 Å². The molecule has 3 rings (SSSR count). The Morgan fingerprint density at radius 2 is 1.73 bits per heavy atom. The van der Waals surface area contributed by atoms with Crippen molar-refractivity contribution in [2.45, 2.75) is 32.5 Å². The summed E-state index contributed by atoms with van der Waals surface area (Å²) in [5, 5.41) is 0. The highest BCUT2D eigenvalue weighted by Gasteiger charge is 2.30. The molecular weight excluding hydrogens is 383 g/mol. The summed E-state index contributed by atoms with van der Waals surface area (Å²) in [6, 6.07) is 12.5. The molecule has 1 saturated heterocycles. The maximum atomic E-state index is 13.1. The monoisotopic (exact) mass is 412 g/mol. The molecule has 1 aliphatic heterocycles. The third-order valence-electron chi connectivity index (χ3n) is 5.52. The lowest BCUT2D eigenvalue weighted by atomic mass is 10.1. The second-order valence-corrected chi connectivity index (χ2v) is 7.69. The summed E-state index contributed by atoms with van der Waals surface area (Å²) in [5.41, 5.74) is 1.94. The van der Waals surface area contributed by atoms with E-state index in [9.17, 15) is 9.18 Å². The van der Waals surface area contributed by atoms with Gasteiger partial charge in [-0.3, -0.25) is 9.69 Å². The van der Waals surface area contributed by atoms with Crippen LogP contribution >= 0.6 is 0 Å². The predicted molar refractivity (Wildman–Crippen MR) is 116 cm³/mol. The van der Waals surface area contributed by atoms with Gasteiger partial charge in [-0.15, -0.1) is 0 Å². The first-order valence-electron chi connectivity index (χ1n) is 10.1. The molecule has 2 aromatic carbocycles. The van der Waals surface area contributed by atoms with Gasteiger partial charge in [0.05, 0.1) is 14.2 Å². The molecule has 1 amide bonds. The molecule has 160 valence electrons. The number of methoxy groups -OCH3 is 2. The van der Waals surface area contributed by atoms with Crippen molar-refractivity contribution >= 4 is 12.0 Å². The van der Waals surface area contributed by atoms with Crippen molar-refractivity contribution in [1.29, 1.82) is 0 Å². The van der Waals surface area contributed by atoms with Gasteiger partial charge in [0.1, 0.15) is 5.82 Å². The van der Waals surface area contributed by atoms with E-state index in [1.807, 2.05) is 35.2 Å². The lowest BCUT2D eigenvalue weighted by Gasteiger charge is -2.44. The Kier molecular flexibility index (Phi) is 7.11. The second kappa shape index (κ2) is 9.76. The predicted octanol–water partition coefficient (Wildman–Crippen LogP) is 3.98. The van der Waals surface area contributed by atoms with Crippen molar-refractivity contribution in [3.8, 4) is 11.5 Å². The first-order valence-corrected chi connectivity index (χ1v) is 10.1. The number of hydrogen-bond donors (Lipinski definition) is 0. The van der Waals surface area contributed by atoms with E-state index in [-0.39, 0.29) is 23.8 Å². The number of hydrogen-bond acceptors (Lipinski definition) is 4. The number of benzene rings is 2. The zero-order valence-corrected chi connectivity index (χ0v) is 18.0. The molecule has 0 N–H and O–H groups in total. The van der Waals surface area contributed by atoms with Crippen LogP contribution in [0.5, 0.6) is 11.5 Å². The highest BCUT2D eigenvalue weighted by Crippen LogP contribution is 2.28. The molecule has 2 unspecified atom stereocenters. The molecule has 0 spiro atoms. The Labute approximate surface area is 177 Å². The average Bonchev–Trinajstić information content (AvgIpc) is 2.75. The van der Waals surface area contributed by atoms with E-state index in [4.69, 9.17) is 9.47 Å². The zero-order valence-electron chi connectivity index (χ0n) is 18.0. The van der Waals surface area contributed by atoms with Gasteiger partial charge >= 0.3 is 0 Å². The molecule has 0 aromatic heterocycles. The number of carbonyl (C=O) groups excluding carboxylic acids is 1. The summed E-state index contributed by atoms with van der Waals surface area (Å²) in [5.74, 6) is 1.05. The van der Waals surface area contributed by atoms with Gasteiger partial charge in [-0.25, -0.2) is 4.39 Å². The van der Waals surface area contributed by atoms with Gasteiger partial charge in [-0.2, -0.15) is 0 Å². The summed E-state index contributed by atoms with van der Waals surface area (Å²) >= 11 is 0. The van der Waals surface area contributed by atoms with Crippen molar-refractivity contribution in [3.05, 3.63) is 65.5 Å². The number of ether oxygens (including phenoxy) is 2. The van der Waals surface area contributed by atoms with Crippen molar-refractivity contribution in [2.24, 2.45) is 0 Å². The fourth-order valence-electron chi connectivity index (χ4n) is 3.77. The van der Waals surface area contributed by atoms with Gasteiger partial charge in [0.25, 0.3) is 0 Å². The molecular formula is C24H29FN2O3. The molecule has 1 heterocycles. The third-order valence-corrected chi connectivity index (χ3v) is 5.52. The summed E-state index contributed by atoms with van der Waals surface area (Å²) < 4.78 is 23.7. The Morgan fingerprint density at radius 3 is 2.40 bits per heavy atom. The molecule has 1 aliphatic rings. The summed E-state index contributed by atoms with van der Waals surface area (Å²) in [6.07, 6.45) is 3.41. The maximum Gasteiger partial charge on any atom is 0.246 e. The van der Waals surface area contributed by atoms with Crippen LogP contribution in [0.1, 0.15) is 25.0 Å². The van der Waals surface area contributed by atoms with Crippen molar-refractivity contribution in [3.63, 3.8) is 0 Å². The van der Waals surface area contributed by atoms with E-state index in [0.29, 0.717) is 18.0 Å². The van der Waals surface area contributed by atoms with Gasteiger partial charge in [-0.05, 0) is 55.3 Å². The summed E-state index contributed by atoms with van der Waals surface area (Å²) in [7, 11) is 3.18. The van der Waals surface area contributed by atoms with E-state index in [1.54, 1.807) is 26.4 Å². The number of halogens is 1. The average molecular weight is 413 g/mol. The fraction of sp³-hybridized carbons (Fsp3) is 0.375. The Hall–Kier alpha value is -2.86. The van der Waals surface area contributed by atoms with Crippen molar-refractivity contribution < 1.29 is 18.7 Å². The largest absolute Gasteiger partial charge is 0.493 e. The highest BCUT2D eigenvalue weighted by molar-refractivity contribution is 5.92. The minimum Gasteiger partial charge on any atom is -0.493 e. The van der Waals surface area contributed by atoms with Crippen LogP contribution in [0.4, 0.5) is 4.39 Å². The van der Waals surface area contributed by atoms with Crippen molar-refractivity contribution in [2.75, 3.05) is 27.3 Å². The lowest BCUT2D eigenvalue weighted by Crippen LogP contribution is -2.57. The van der Waals surface area contributed by atoms with Gasteiger partial charge < -0.3 is 14.4 Å². The fourth-order valence-corrected chi connectivity index (χ4v) is 3.77. The molecule has 30 heavy (non-hydrogen) atoms. The zero-order chi connectivity index (χ0) is 21.7. The van der Waals surface area contributed by atoms with E-state index < -0.39 is 0 Å². The quantitative estimate of drug-likeness (QED) is 0.673. The van der Waals surface area contributed by atoms with Crippen LogP contribution in [0, 0.1) is 5.82 Å². The standard InChI is InChI=1S/C24H29FN2O3/c1-17-15-27(18(2)14-26(17)16-20-5-9-21(25)10-6-20)24(28)12-8-19-7-11-22(29-3)23(13-19)30-4/h5-13,17-18H,14-16H2,1-4H3/b12-8+. The van der Waals surface area contributed by atoms with E-state index in [1.165, 1.54) is 12.1 Å². The lowest BCUT2D eigenvalue weighted by molar-refractivity contribution is -0.131. The van der Waals surface area contributed by atoms with Crippen LogP contribution in [0.15, 0.2) is 48.5 Å². The molecule has 0 bridgehead atoms. The molecule has 6 heteroatoms. The first-order chi connectivity index (χ1) is 14.4. The minimum atomic E-state index is -0.225. The Balaban J connectivity index is 1.63. The second-order valence-electron chi connectivity index (χ2n) is 7.69. The summed E-state index contributed by atoms with van der Waals surface area (Å²) in [4.78, 5) is 17.1. The molecule has 2 atom stereocenters. The minimum absolute atomic E-state index is 0.00873. The molecule has 5 nitrogen and oxygen atoms in total. The number of amides is 1. The topological polar surface area (TPSA) is 42.0 Å². The number of carbonyl (C=O) groups is 1. The van der Waals surface area contributed by atoms with Crippen LogP contribution in [0.25, 0.3) is 6.08 Å². The first kappa shape index (κ1) is 21.8.